The summed E-state index contributed by atoms with van der Waals surface area (Å²) in [5.41, 5.74) is 0.494. The maximum Gasteiger partial charge on any atom is 0.241 e. The van der Waals surface area contributed by atoms with Gasteiger partial charge >= 0.3 is 0 Å². The van der Waals surface area contributed by atoms with Crippen molar-refractivity contribution in [2.75, 3.05) is 6.67 Å². The van der Waals surface area contributed by atoms with Gasteiger partial charge in [0, 0.05) is 6.04 Å². The summed E-state index contributed by atoms with van der Waals surface area (Å²) < 4.78 is 0. The first kappa shape index (κ1) is 12.9. The van der Waals surface area contributed by atoms with Crippen LogP contribution in [0.2, 0.25) is 0 Å². The van der Waals surface area contributed by atoms with Gasteiger partial charge in [0.2, 0.25) is 5.91 Å². The van der Waals surface area contributed by atoms with Crippen LogP contribution in [0.25, 0.3) is 0 Å². The van der Waals surface area contributed by atoms with Crippen molar-refractivity contribution in [1.29, 1.82) is 0 Å². The summed E-state index contributed by atoms with van der Waals surface area (Å²) in [5.74, 6) is 0.874. The molecule has 1 amide bonds. The Morgan fingerprint density at radius 2 is 1.82 bits per heavy atom. The molecule has 98 valence electrons. The van der Waals surface area contributed by atoms with Crippen molar-refractivity contribution in [3.05, 3.63) is 0 Å². The maximum atomic E-state index is 12.4. The topological polar surface area (TPSA) is 32.3 Å². The van der Waals surface area contributed by atoms with E-state index in [1.807, 2.05) is 0 Å². The highest BCUT2D eigenvalue weighted by molar-refractivity contribution is 5.84. The molecular weight excluding hydrogens is 212 g/mol. The molecule has 0 aromatic rings. The molecule has 0 aromatic heterocycles. The fourth-order valence-corrected chi connectivity index (χ4v) is 3.39. The minimum atomic E-state index is 0.0437. The van der Waals surface area contributed by atoms with Gasteiger partial charge in [0.05, 0.1) is 12.7 Å². The van der Waals surface area contributed by atoms with Gasteiger partial charge in [-0.15, -0.1) is 0 Å². The van der Waals surface area contributed by atoms with Crippen LogP contribution in [0.15, 0.2) is 0 Å². The Labute approximate surface area is 105 Å². The zero-order valence-electron chi connectivity index (χ0n) is 12.0. The number of carbonyl (C=O) groups is 1. The second-order valence-electron chi connectivity index (χ2n) is 7.20. The van der Waals surface area contributed by atoms with Crippen molar-refractivity contribution in [1.82, 2.24) is 10.2 Å². The van der Waals surface area contributed by atoms with Gasteiger partial charge in [-0.1, -0.05) is 41.5 Å². The molecule has 1 saturated carbocycles. The monoisotopic (exact) mass is 238 g/mol. The second kappa shape index (κ2) is 3.71. The van der Waals surface area contributed by atoms with E-state index in [2.05, 4.69) is 51.8 Å². The van der Waals surface area contributed by atoms with E-state index >= 15 is 0 Å². The molecule has 0 radical (unpaired) electrons. The fourth-order valence-electron chi connectivity index (χ4n) is 3.39. The number of amides is 1. The lowest BCUT2D eigenvalue weighted by atomic mass is 10.0. The van der Waals surface area contributed by atoms with Crippen molar-refractivity contribution < 1.29 is 4.79 Å². The van der Waals surface area contributed by atoms with E-state index < -0.39 is 0 Å². The third-order valence-corrected chi connectivity index (χ3v) is 5.05. The average molecular weight is 238 g/mol. The van der Waals surface area contributed by atoms with Crippen molar-refractivity contribution in [3.63, 3.8) is 0 Å². The lowest BCUT2D eigenvalue weighted by molar-refractivity contribution is -0.130. The van der Waals surface area contributed by atoms with Gasteiger partial charge in [-0.05, 0) is 23.2 Å². The molecule has 2 rings (SSSR count). The molecule has 2 aliphatic rings. The molecule has 1 aliphatic carbocycles. The van der Waals surface area contributed by atoms with Gasteiger partial charge in [0.25, 0.3) is 0 Å². The van der Waals surface area contributed by atoms with Gasteiger partial charge in [0.1, 0.15) is 0 Å². The minimum Gasteiger partial charge on any atom is -0.324 e. The molecule has 0 aromatic carbocycles. The number of carbonyl (C=O) groups excluding carboxylic acids is 1. The Balaban J connectivity index is 2.05. The molecule has 1 aliphatic heterocycles. The van der Waals surface area contributed by atoms with Crippen LogP contribution >= 0.6 is 0 Å². The van der Waals surface area contributed by atoms with Crippen LogP contribution in [-0.4, -0.2) is 29.6 Å². The predicted molar refractivity (Wildman–Crippen MR) is 69.4 cm³/mol. The zero-order chi connectivity index (χ0) is 13.0. The highest BCUT2D eigenvalue weighted by Gasteiger charge is 2.68. The van der Waals surface area contributed by atoms with Crippen molar-refractivity contribution in [2.45, 2.75) is 60.0 Å². The van der Waals surface area contributed by atoms with E-state index in [0.29, 0.717) is 17.9 Å². The highest BCUT2D eigenvalue weighted by Crippen LogP contribution is 2.65. The van der Waals surface area contributed by atoms with Crippen LogP contribution in [0.3, 0.4) is 0 Å². The number of rotatable bonds is 3. The molecule has 0 bridgehead atoms. The van der Waals surface area contributed by atoms with Gasteiger partial charge in [-0.25, -0.2) is 0 Å². The smallest absolute Gasteiger partial charge is 0.241 e. The summed E-state index contributed by atoms with van der Waals surface area (Å²) in [6.45, 7) is 14.1. The third-order valence-electron chi connectivity index (χ3n) is 5.05. The van der Waals surface area contributed by atoms with E-state index in [4.69, 9.17) is 0 Å². The summed E-state index contributed by atoms with van der Waals surface area (Å²) in [5, 5.41) is 3.36. The number of hydrogen-bond donors (Lipinski definition) is 1. The molecule has 1 atom stereocenters. The van der Waals surface area contributed by atoms with Crippen molar-refractivity contribution in [2.24, 2.45) is 16.7 Å². The number of nitrogens with one attached hydrogen (secondary N) is 1. The van der Waals surface area contributed by atoms with Gasteiger partial charge in [-0.3, -0.25) is 10.1 Å². The van der Waals surface area contributed by atoms with Gasteiger partial charge in [0.15, 0.2) is 0 Å². The summed E-state index contributed by atoms with van der Waals surface area (Å²) in [6.07, 6.45) is 0.947. The van der Waals surface area contributed by atoms with Crippen molar-refractivity contribution >= 4 is 5.91 Å². The lowest BCUT2D eigenvalue weighted by Gasteiger charge is -2.18. The second-order valence-corrected chi connectivity index (χ2v) is 7.20. The lowest BCUT2D eigenvalue weighted by Crippen LogP contribution is -2.35. The number of nitrogens with zero attached hydrogens (tertiary/aromatic N) is 1. The Kier molecular flexibility index (Phi) is 2.81. The highest BCUT2D eigenvalue weighted by atomic mass is 16.2. The Morgan fingerprint density at radius 3 is 2.24 bits per heavy atom. The molecule has 1 N–H and O–H groups in total. The molecule has 1 saturated heterocycles. The van der Waals surface area contributed by atoms with E-state index in [0.717, 1.165) is 13.1 Å². The first-order chi connectivity index (χ1) is 7.69. The van der Waals surface area contributed by atoms with Crippen LogP contribution < -0.4 is 5.32 Å². The molecule has 2 fully saturated rings. The quantitative estimate of drug-likeness (QED) is 0.817. The first-order valence-electron chi connectivity index (χ1n) is 6.73. The van der Waals surface area contributed by atoms with Crippen LogP contribution in [-0.2, 0) is 4.79 Å². The fraction of sp³-hybridized carbons (Fsp3) is 0.929. The zero-order valence-corrected chi connectivity index (χ0v) is 12.0. The molecule has 0 spiro atoms. The Bertz CT molecular complexity index is 319. The summed E-state index contributed by atoms with van der Waals surface area (Å²) in [4.78, 5) is 14.4. The minimum absolute atomic E-state index is 0.0437. The molecule has 1 unspecified atom stereocenters. The molecule has 3 nitrogen and oxygen atoms in total. The van der Waals surface area contributed by atoms with Gasteiger partial charge < -0.3 is 4.90 Å². The summed E-state index contributed by atoms with van der Waals surface area (Å²) in [6, 6.07) is 0.439. The van der Waals surface area contributed by atoms with E-state index in [9.17, 15) is 4.79 Å². The molecule has 1 heterocycles. The Morgan fingerprint density at radius 1 is 1.29 bits per heavy atom. The average Bonchev–Trinajstić information content (AvgIpc) is 2.46. The van der Waals surface area contributed by atoms with Crippen LogP contribution in [0.4, 0.5) is 0 Å². The molecule has 17 heavy (non-hydrogen) atoms. The predicted octanol–water partition coefficient (Wildman–Crippen LogP) is 2.23. The van der Waals surface area contributed by atoms with Gasteiger partial charge in [-0.2, -0.15) is 0 Å². The van der Waals surface area contributed by atoms with E-state index in [1.54, 1.807) is 0 Å². The van der Waals surface area contributed by atoms with E-state index in [-0.39, 0.29) is 16.9 Å². The molecule has 3 heteroatoms. The first-order valence-corrected chi connectivity index (χ1v) is 6.73. The largest absolute Gasteiger partial charge is 0.324 e. The SMILES string of the molecule is CC(C)CC1NCN(C2C(C)(C)C2(C)C)C1=O. The summed E-state index contributed by atoms with van der Waals surface area (Å²) >= 11 is 0. The normalized spacial score (nSPS) is 31.4. The van der Waals surface area contributed by atoms with Crippen molar-refractivity contribution in [3.8, 4) is 0 Å². The van der Waals surface area contributed by atoms with Crippen LogP contribution in [0.5, 0.6) is 0 Å². The standard InChI is InChI=1S/C14H26N2O/c1-9(2)7-10-11(17)16(8-15-10)12-13(3,4)14(12,5)6/h9-10,12,15H,7-8H2,1-6H3. The third kappa shape index (κ3) is 1.79. The molecular formula is C14H26N2O. The van der Waals surface area contributed by atoms with Crippen LogP contribution in [0.1, 0.15) is 48.0 Å². The van der Waals surface area contributed by atoms with E-state index in [1.165, 1.54) is 0 Å². The summed E-state index contributed by atoms with van der Waals surface area (Å²) in [7, 11) is 0. The van der Waals surface area contributed by atoms with Crippen LogP contribution in [0, 0.1) is 16.7 Å². The Hall–Kier alpha value is -0.570. The number of hydrogen-bond acceptors (Lipinski definition) is 2. The maximum absolute atomic E-state index is 12.4.